The first kappa shape index (κ1) is 10.7. The van der Waals surface area contributed by atoms with Crippen LogP contribution >= 0.6 is 0 Å². The molecule has 0 heterocycles. The highest BCUT2D eigenvalue weighted by Crippen LogP contribution is 2.46. The Morgan fingerprint density at radius 1 is 1.33 bits per heavy atom. The number of carbonyl (C=O) groups excluding carboxylic acids is 1. The van der Waals surface area contributed by atoms with E-state index in [1.54, 1.807) is 0 Å². The molecule has 15 heavy (non-hydrogen) atoms. The maximum Gasteiger partial charge on any atom is 0.181 e. The standard InChI is InChI=1S/C14H20O/c1-10-9-14(2,3)12(8-13(10)15)11-6-4-5-7-11/h8,11H,1,4-7,9H2,2-3H3. The van der Waals surface area contributed by atoms with Crippen molar-refractivity contribution in [2.24, 2.45) is 11.3 Å². The van der Waals surface area contributed by atoms with Gasteiger partial charge in [-0.2, -0.15) is 0 Å². The first-order chi connectivity index (χ1) is 7.00. The molecule has 1 fully saturated rings. The lowest BCUT2D eigenvalue weighted by atomic mass is 9.69. The van der Waals surface area contributed by atoms with E-state index >= 15 is 0 Å². The Morgan fingerprint density at radius 3 is 2.53 bits per heavy atom. The van der Waals surface area contributed by atoms with E-state index in [-0.39, 0.29) is 11.2 Å². The molecule has 0 radical (unpaired) electrons. The van der Waals surface area contributed by atoms with Gasteiger partial charge in [-0.1, -0.05) is 38.8 Å². The van der Waals surface area contributed by atoms with Crippen LogP contribution in [0.3, 0.4) is 0 Å². The molecule has 0 unspecified atom stereocenters. The molecule has 0 saturated heterocycles. The maximum atomic E-state index is 11.7. The molecule has 0 aromatic carbocycles. The van der Waals surface area contributed by atoms with E-state index < -0.39 is 0 Å². The van der Waals surface area contributed by atoms with Crippen molar-refractivity contribution in [2.45, 2.75) is 46.0 Å². The smallest absolute Gasteiger partial charge is 0.181 e. The molecule has 82 valence electrons. The van der Waals surface area contributed by atoms with E-state index in [0.29, 0.717) is 5.92 Å². The van der Waals surface area contributed by atoms with Crippen molar-refractivity contribution in [3.05, 3.63) is 23.8 Å². The summed E-state index contributed by atoms with van der Waals surface area (Å²) < 4.78 is 0. The molecular formula is C14H20O. The molecule has 0 aromatic rings. The summed E-state index contributed by atoms with van der Waals surface area (Å²) in [5.74, 6) is 0.827. The molecule has 0 N–H and O–H groups in total. The fraction of sp³-hybridized carbons (Fsp3) is 0.643. The molecule has 0 atom stereocenters. The quantitative estimate of drug-likeness (QED) is 0.596. The third kappa shape index (κ3) is 1.92. The summed E-state index contributed by atoms with van der Waals surface area (Å²) in [6, 6.07) is 0. The van der Waals surface area contributed by atoms with E-state index in [9.17, 15) is 4.79 Å². The van der Waals surface area contributed by atoms with Gasteiger partial charge < -0.3 is 0 Å². The number of hydrogen-bond donors (Lipinski definition) is 0. The van der Waals surface area contributed by atoms with Crippen LogP contribution in [0.4, 0.5) is 0 Å². The van der Waals surface area contributed by atoms with Crippen LogP contribution in [0.25, 0.3) is 0 Å². The van der Waals surface area contributed by atoms with Crippen molar-refractivity contribution in [3.8, 4) is 0 Å². The minimum absolute atomic E-state index is 0.153. The Kier molecular flexibility index (Phi) is 2.57. The summed E-state index contributed by atoms with van der Waals surface area (Å²) in [4.78, 5) is 11.7. The van der Waals surface area contributed by atoms with Crippen LogP contribution in [0.15, 0.2) is 23.8 Å². The van der Waals surface area contributed by atoms with Gasteiger partial charge in [0.05, 0.1) is 0 Å². The summed E-state index contributed by atoms with van der Waals surface area (Å²) in [5, 5.41) is 0. The average Bonchev–Trinajstić information content (AvgIpc) is 2.63. The second-order valence-electron chi connectivity index (χ2n) is 5.61. The van der Waals surface area contributed by atoms with Crippen LogP contribution in [0.5, 0.6) is 0 Å². The highest BCUT2D eigenvalue weighted by Gasteiger charge is 2.35. The van der Waals surface area contributed by atoms with E-state index in [4.69, 9.17) is 0 Å². The van der Waals surface area contributed by atoms with Gasteiger partial charge >= 0.3 is 0 Å². The molecule has 0 aromatic heterocycles. The molecule has 0 amide bonds. The zero-order chi connectivity index (χ0) is 11.1. The van der Waals surface area contributed by atoms with Gasteiger partial charge in [0, 0.05) is 0 Å². The maximum absolute atomic E-state index is 11.7. The van der Waals surface area contributed by atoms with Gasteiger partial charge in [0.1, 0.15) is 0 Å². The lowest BCUT2D eigenvalue weighted by molar-refractivity contribution is -0.112. The average molecular weight is 204 g/mol. The summed E-state index contributed by atoms with van der Waals surface area (Å²) in [6.45, 7) is 8.35. The first-order valence-corrected chi connectivity index (χ1v) is 5.95. The zero-order valence-corrected chi connectivity index (χ0v) is 9.81. The number of hydrogen-bond acceptors (Lipinski definition) is 1. The minimum atomic E-state index is 0.153. The summed E-state index contributed by atoms with van der Waals surface area (Å²) in [6.07, 6.45) is 7.92. The van der Waals surface area contributed by atoms with Crippen molar-refractivity contribution in [3.63, 3.8) is 0 Å². The first-order valence-electron chi connectivity index (χ1n) is 5.95. The summed E-state index contributed by atoms with van der Waals surface area (Å²) >= 11 is 0. The van der Waals surface area contributed by atoms with E-state index in [1.807, 2.05) is 6.08 Å². The van der Waals surface area contributed by atoms with Crippen molar-refractivity contribution in [2.75, 3.05) is 0 Å². The third-order valence-corrected chi connectivity index (χ3v) is 3.87. The lowest BCUT2D eigenvalue weighted by Gasteiger charge is -2.35. The topological polar surface area (TPSA) is 17.1 Å². The Labute approximate surface area is 92.3 Å². The second-order valence-corrected chi connectivity index (χ2v) is 5.61. The molecule has 2 aliphatic rings. The Morgan fingerprint density at radius 2 is 1.93 bits per heavy atom. The number of rotatable bonds is 1. The van der Waals surface area contributed by atoms with E-state index in [0.717, 1.165) is 12.0 Å². The fourth-order valence-electron chi connectivity index (χ4n) is 3.07. The highest BCUT2D eigenvalue weighted by atomic mass is 16.1. The monoisotopic (exact) mass is 204 g/mol. The van der Waals surface area contributed by atoms with Crippen LogP contribution < -0.4 is 0 Å². The van der Waals surface area contributed by atoms with Crippen LogP contribution in [0.1, 0.15) is 46.0 Å². The highest BCUT2D eigenvalue weighted by molar-refractivity contribution is 6.05. The largest absolute Gasteiger partial charge is 0.290 e. The van der Waals surface area contributed by atoms with Crippen molar-refractivity contribution < 1.29 is 4.79 Å². The molecule has 0 bridgehead atoms. The van der Waals surface area contributed by atoms with Gasteiger partial charge in [0.25, 0.3) is 0 Å². The minimum Gasteiger partial charge on any atom is -0.290 e. The second kappa shape index (κ2) is 3.62. The van der Waals surface area contributed by atoms with Crippen molar-refractivity contribution in [1.82, 2.24) is 0 Å². The molecule has 2 rings (SSSR count). The molecule has 0 spiro atoms. The van der Waals surface area contributed by atoms with Gasteiger partial charge in [-0.05, 0) is 42.2 Å². The number of ketones is 1. The van der Waals surface area contributed by atoms with E-state index in [2.05, 4.69) is 20.4 Å². The van der Waals surface area contributed by atoms with Gasteiger partial charge in [0.15, 0.2) is 5.78 Å². The van der Waals surface area contributed by atoms with Crippen LogP contribution in [-0.4, -0.2) is 5.78 Å². The predicted octanol–water partition coefficient (Wildman–Crippen LogP) is 3.66. The molecular weight excluding hydrogens is 184 g/mol. The van der Waals surface area contributed by atoms with Crippen molar-refractivity contribution >= 4 is 5.78 Å². The SMILES string of the molecule is C=C1CC(C)(C)C(C2CCCC2)=CC1=O. The molecule has 1 heteroatoms. The van der Waals surface area contributed by atoms with Gasteiger partial charge in [-0.15, -0.1) is 0 Å². The lowest BCUT2D eigenvalue weighted by Crippen LogP contribution is -2.27. The van der Waals surface area contributed by atoms with Crippen LogP contribution in [0, 0.1) is 11.3 Å². The molecule has 1 nitrogen and oxygen atoms in total. The van der Waals surface area contributed by atoms with Gasteiger partial charge in [-0.25, -0.2) is 0 Å². The number of allylic oxidation sites excluding steroid dienone is 3. The molecule has 2 aliphatic carbocycles. The Bertz CT molecular complexity index is 327. The zero-order valence-electron chi connectivity index (χ0n) is 9.81. The predicted molar refractivity (Wildman–Crippen MR) is 62.6 cm³/mol. The normalized spacial score (nSPS) is 26.9. The molecule has 0 aliphatic heterocycles. The van der Waals surface area contributed by atoms with E-state index in [1.165, 1.54) is 31.3 Å². The Hall–Kier alpha value is -0.850. The van der Waals surface area contributed by atoms with Crippen LogP contribution in [-0.2, 0) is 4.79 Å². The van der Waals surface area contributed by atoms with Crippen molar-refractivity contribution in [1.29, 1.82) is 0 Å². The third-order valence-electron chi connectivity index (χ3n) is 3.87. The molecule has 1 saturated carbocycles. The fourth-order valence-corrected chi connectivity index (χ4v) is 3.07. The number of carbonyl (C=O) groups is 1. The Balaban J connectivity index is 2.30. The summed E-state index contributed by atoms with van der Waals surface area (Å²) in [5.41, 5.74) is 2.32. The van der Waals surface area contributed by atoms with Crippen LogP contribution in [0.2, 0.25) is 0 Å². The summed E-state index contributed by atoms with van der Waals surface area (Å²) in [7, 11) is 0. The van der Waals surface area contributed by atoms with Gasteiger partial charge in [0.2, 0.25) is 0 Å². The van der Waals surface area contributed by atoms with Gasteiger partial charge in [-0.3, -0.25) is 4.79 Å².